The van der Waals surface area contributed by atoms with E-state index in [-0.39, 0.29) is 23.6 Å². The molecule has 0 saturated heterocycles. The fraction of sp³-hybridized carbons (Fsp3) is 0.524. The van der Waals surface area contributed by atoms with Crippen LogP contribution in [0.25, 0.3) is 11.3 Å². The first-order valence-electron chi connectivity index (χ1n) is 10.1. The number of nitrogens with one attached hydrogen (secondary N) is 1. The summed E-state index contributed by atoms with van der Waals surface area (Å²) in [6, 6.07) is 3.80. The number of aromatic nitrogens is 3. The minimum absolute atomic E-state index is 0.0372. The van der Waals surface area contributed by atoms with Crippen LogP contribution in [0.5, 0.6) is 11.5 Å². The highest BCUT2D eigenvalue weighted by atomic mass is 16.5. The summed E-state index contributed by atoms with van der Waals surface area (Å²) in [6.07, 6.45) is 4.36. The smallest absolute Gasteiger partial charge is 0.243 e. The first kappa shape index (κ1) is 19.4. The van der Waals surface area contributed by atoms with Gasteiger partial charge in [0.1, 0.15) is 17.2 Å². The number of carbonyl (C=O) groups is 1. The molecular formula is C21H27N5O3. The van der Waals surface area contributed by atoms with Crippen LogP contribution in [-0.4, -0.2) is 57.8 Å². The molecule has 1 aromatic carbocycles. The summed E-state index contributed by atoms with van der Waals surface area (Å²) in [4.78, 5) is 18.5. The van der Waals surface area contributed by atoms with Crippen molar-refractivity contribution >= 4 is 11.9 Å². The zero-order valence-corrected chi connectivity index (χ0v) is 17.1. The second-order valence-electron chi connectivity index (χ2n) is 8.04. The zero-order chi connectivity index (χ0) is 20.5. The van der Waals surface area contributed by atoms with Gasteiger partial charge in [0.05, 0.1) is 12.3 Å². The predicted octanol–water partition coefficient (Wildman–Crippen LogP) is 2.55. The van der Waals surface area contributed by atoms with Crippen LogP contribution in [0.1, 0.15) is 36.9 Å². The number of anilines is 1. The van der Waals surface area contributed by atoms with Crippen molar-refractivity contribution in [2.45, 2.75) is 45.1 Å². The molecule has 1 aliphatic carbocycles. The van der Waals surface area contributed by atoms with Crippen LogP contribution >= 0.6 is 0 Å². The SMILES string of the molecule is Cc1nc(N[C@@H]2CCC[C@H](C(=O)N(C)C)C2)nnc1-c1ccc2c(c1O)CCO2. The van der Waals surface area contributed by atoms with Gasteiger partial charge in [0, 0.05) is 43.6 Å². The van der Waals surface area contributed by atoms with E-state index >= 15 is 0 Å². The fourth-order valence-corrected chi connectivity index (χ4v) is 4.26. The van der Waals surface area contributed by atoms with E-state index < -0.39 is 0 Å². The Morgan fingerprint density at radius 3 is 2.86 bits per heavy atom. The lowest BCUT2D eigenvalue weighted by molar-refractivity contribution is -0.134. The molecule has 0 bridgehead atoms. The number of rotatable bonds is 4. The number of amides is 1. The normalized spacial score (nSPS) is 20.7. The third-order valence-electron chi connectivity index (χ3n) is 5.76. The molecule has 0 spiro atoms. The number of nitrogens with zero attached hydrogens (tertiary/aromatic N) is 4. The Hall–Kier alpha value is -2.90. The second-order valence-corrected chi connectivity index (χ2v) is 8.04. The highest BCUT2D eigenvalue weighted by Crippen LogP contribution is 2.40. The van der Waals surface area contributed by atoms with E-state index in [9.17, 15) is 9.90 Å². The largest absolute Gasteiger partial charge is 0.507 e. The van der Waals surface area contributed by atoms with Crippen molar-refractivity contribution in [3.63, 3.8) is 0 Å². The molecule has 0 unspecified atom stereocenters. The van der Waals surface area contributed by atoms with Gasteiger partial charge in [0.15, 0.2) is 0 Å². The van der Waals surface area contributed by atoms with Crippen LogP contribution in [0.2, 0.25) is 0 Å². The molecule has 1 aliphatic heterocycles. The Kier molecular flexibility index (Phi) is 5.25. The summed E-state index contributed by atoms with van der Waals surface area (Å²) < 4.78 is 5.50. The fourth-order valence-electron chi connectivity index (χ4n) is 4.26. The summed E-state index contributed by atoms with van der Waals surface area (Å²) >= 11 is 0. The molecule has 1 saturated carbocycles. The van der Waals surface area contributed by atoms with E-state index in [0.717, 1.165) is 37.0 Å². The Balaban J connectivity index is 1.50. The molecule has 0 radical (unpaired) electrons. The first-order valence-corrected chi connectivity index (χ1v) is 10.1. The molecule has 1 aromatic heterocycles. The number of hydrogen-bond donors (Lipinski definition) is 2. The third-order valence-corrected chi connectivity index (χ3v) is 5.76. The molecule has 8 nitrogen and oxygen atoms in total. The summed E-state index contributed by atoms with van der Waals surface area (Å²) in [5.74, 6) is 1.59. The lowest BCUT2D eigenvalue weighted by Gasteiger charge is -2.30. The van der Waals surface area contributed by atoms with Crippen molar-refractivity contribution in [3.05, 3.63) is 23.4 Å². The number of aryl methyl sites for hydroxylation is 1. The molecule has 4 rings (SSSR count). The lowest BCUT2D eigenvalue weighted by Crippen LogP contribution is -2.37. The van der Waals surface area contributed by atoms with Crippen molar-refractivity contribution < 1.29 is 14.6 Å². The van der Waals surface area contributed by atoms with Gasteiger partial charge < -0.3 is 20.1 Å². The number of ether oxygens (including phenoxy) is 1. The third kappa shape index (κ3) is 3.83. The molecule has 8 heteroatoms. The highest BCUT2D eigenvalue weighted by Gasteiger charge is 2.29. The molecule has 2 N–H and O–H groups in total. The van der Waals surface area contributed by atoms with Crippen molar-refractivity contribution in [2.24, 2.45) is 5.92 Å². The van der Waals surface area contributed by atoms with Crippen molar-refractivity contribution in [1.29, 1.82) is 0 Å². The number of phenols is 1. The van der Waals surface area contributed by atoms with Crippen molar-refractivity contribution in [3.8, 4) is 22.8 Å². The summed E-state index contributed by atoms with van der Waals surface area (Å²) in [7, 11) is 3.60. The van der Waals surface area contributed by atoms with Gasteiger partial charge >= 0.3 is 0 Å². The second kappa shape index (κ2) is 7.85. The Bertz CT molecular complexity index is 931. The standard InChI is InChI=1S/C21H27N5O3/c1-12-18(16-7-8-17-15(19(16)27)9-10-29-17)24-25-21(22-12)23-14-6-4-5-13(11-14)20(28)26(2)3/h7-8,13-14,27H,4-6,9-11H2,1-3H3,(H,22,23,25)/t13-,14+/m0/s1. The van der Waals surface area contributed by atoms with Gasteiger partial charge in [0.25, 0.3) is 0 Å². The summed E-state index contributed by atoms with van der Waals surface area (Å²) in [5, 5.41) is 22.5. The maximum absolute atomic E-state index is 12.3. The van der Waals surface area contributed by atoms with Gasteiger partial charge in [-0.25, -0.2) is 4.98 Å². The van der Waals surface area contributed by atoms with Crippen LogP contribution in [0.15, 0.2) is 12.1 Å². The van der Waals surface area contributed by atoms with Gasteiger partial charge in [-0.2, -0.15) is 0 Å². The minimum atomic E-state index is 0.0372. The molecule has 29 heavy (non-hydrogen) atoms. The monoisotopic (exact) mass is 397 g/mol. The number of aromatic hydroxyl groups is 1. The first-order chi connectivity index (χ1) is 13.9. The average molecular weight is 397 g/mol. The zero-order valence-electron chi connectivity index (χ0n) is 17.1. The van der Waals surface area contributed by atoms with Gasteiger partial charge in [0.2, 0.25) is 11.9 Å². The number of benzene rings is 1. The van der Waals surface area contributed by atoms with E-state index in [1.165, 1.54) is 0 Å². The molecular weight excluding hydrogens is 370 g/mol. The predicted molar refractivity (Wildman–Crippen MR) is 109 cm³/mol. The van der Waals surface area contributed by atoms with Crippen molar-refractivity contribution in [1.82, 2.24) is 20.1 Å². The van der Waals surface area contributed by atoms with Gasteiger partial charge in [-0.1, -0.05) is 6.42 Å². The van der Waals surface area contributed by atoms with E-state index in [2.05, 4.69) is 20.5 Å². The van der Waals surface area contributed by atoms with E-state index in [4.69, 9.17) is 4.74 Å². The average Bonchev–Trinajstić information content (AvgIpc) is 3.18. The topological polar surface area (TPSA) is 100 Å². The van der Waals surface area contributed by atoms with Crippen molar-refractivity contribution in [2.75, 3.05) is 26.0 Å². The van der Waals surface area contributed by atoms with Gasteiger partial charge in [-0.3, -0.25) is 4.79 Å². The number of carbonyl (C=O) groups excluding carboxylic acids is 1. The molecule has 154 valence electrons. The molecule has 2 aromatic rings. The van der Waals surface area contributed by atoms with Crippen LogP contribution < -0.4 is 10.1 Å². The maximum atomic E-state index is 12.3. The number of fused-ring (bicyclic) bond motifs is 1. The van der Waals surface area contributed by atoms with Gasteiger partial charge in [-0.15, -0.1) is 10.2 Å². The summed E-state index contributed by atoms with van der Waals surface area (Å²) in [5.41, 5.74) is 2.68. The minimum Gasteiger partial charge on any atom is -0.507 e. The van der Waals surface area contributed by atoms with Crippen LogP contribution in [0.4, 0.5) is 5.95 Å². The molecule has 2 aliphatic rings. The van der Waals surface area contributed by atoms with E-state index in [1.807, 2.05) is 13.0 Å². The lowest BCUT2D eigenvalue weighted by atomic mass is 9.85. The van der Waals surface area contributed by atoms with E-state index in [0.29, 0.717) is 35.9 Å². The molecule has 1 amide bonds. The summed E-state index contributed by atoms with van der Waals surface area (Å²) in [6.45, 7) is 2.44. The molecule has 2 heterocycles. The molecule has 1 fully saturated rings. The highest BCUT2D eigenvalue weighted by molar-refractivity contribution is 5.78. The Morgan fingerprint density at radius 2 is 2.10 bits per heavy atom. The van der Waals surface area contributed by atoms with E-state index in [1.54, 1.807) is 25.1 Å². The van der Waals surface area contributed by atoms with Crippen LogP contribution in [0.3, 0.4) is 0 Å². The van der Waals surface area contributed by atoms with Gasteiger partial charge in [-0.05, 0) is 38.3 Å². The number of hydrogen-bond acceptors (Lipinski definition) is 7. The quantitative estimate of drug-likeness (QED) is 0.818. The van der Waals surface area contributed by atoms with Crippen LogP contribution in [0, 0.1) is 12.8 Å². The van der Waals surface area contributed by atoms with Crippen LogP contribution in [-0.2, 0) is 11.2 Å². The maximum Gasteiger partial charge on any atom is 0.243 e. The number of phenolic OH excluding ortho intramolecular Hbond substituents is 1. The Morgan fingerprint density at radius 1 is 1.28 bits per heavy atom. The molecule has 2 atom stereocenters. The Labute approximate surface area is 170 Å².